The Labute approximate surface area is 111 Å². The van der Waals surface area contributed by atoms with Crippen LogP contribution in [0.25, 0.3) is 0 Å². The van der Waals surface area contributed by atoms with Crippen LogP contribution in [0.5, 0.6) is 0 Å². The third-order valence-electron chi connectivity index (χ3n) is 4.17. The number of rotatable bonds is 3. The van der Waals surface area contributed by atoms with Crippen molar-refractivity contribution >= 4 is 5.69 Å². The fraction of sp³-hybridized carbons (Fsp3) is 0.529. The second-order valence-corrected chi connectivity index (χ2v) is 6.22. The van der Waals surface area contributed by atoms with Crippen molar-refractivity contribution in [2.24, 2.45) is 5.41 Å². The fourth-order valence-corrected chi connectivity index (χ4v) is 3.01. The summed E-state index contributed by atoms with van der Waals surface area (Å²) < 4.78 is 0. The topological polar surface area (TPSA) is 12.0 Å². The van der Waals surface area contributed by atoms with E-state index in [2.05, 4.69) is 57.3 Å². The average Bonchev–Trinajstić information content (AvgIpc) is 2.27. The van der Waals surface area contributed by atoms with Gasteiger partial charge in [-0.25, -0.2) is 0 Å². The maximum Gasteiger partial charge on any atom is 0.0368 e. The highest BCUT2D eigenvalue weighted by Crippen LogP contribution is 2.39. The van der Waals surface area contributed by atoms with Gasteiger partial charge in [0.1, 0.15) is 0 Å². The first-order valence-corrected chi connectivity index (χ1v) is 6.99. The second-order valence-electron chi connectivity index (χ2n) is 6.22. The maximum atomic E-state index is 3.58. The van der Waals surface area contributed by atoms with E-state index in [0.717, 1.165) is 6.54 Å². The van der Waals surface area contributed by atoms with Gasteiger partial charge in [-0.3, -0.25) is 0 Å². The van der Waals surface area contributed by atoms with Gasteiger partial charge in [-0.15, -0.1) is 0 Å². The average molecular weight is 243 g/mol. The van der Waals surface area contributed by atoms with Crippen molar-refractivity contribution in [3.8, 4) is 0 Å². The Kier molecular flexibility index (Phi) is 3.79. The van der Waals surface area contributed by atoms with Crippen LogP contribution >= 0.6 is 0 Å². The molecule has 18 heavy (non-hydrogen) atoms. The third kappa shape index (κ3) is 2.95. The van der Waals surface area contributed by atoms with Crippen molar-refractivity contribution < 1.29 is 0 Å². The maximum absolute atomic E-state index is 3.58. The highest BCUT2D eigenvalue weighted by Gasteiger charge is 2.27. The Morgan fingerprint density at radius 1 is 1.22 bits per heavy atom. The van der Waals surface area contributed by atoms with Gasteiger partial charge >= 0.3 is 0 Å². The van der Waals surface area contributed by atoms with Crippen molar-refractivity contribution in [1.29, 1.82) is 0 Å². The zero-order valence-electron chi connectivity index (χ0n) is 12.1. The number of aryl methyl sites for hydroxylation is 1. The first kappa shape index (κ1) is 13.2. The Bertz CT molecular complexity index is 454. The lowest BCUT2D eigenvalue weighted by Crippen LogP contribution is -2.25. The molecule has 1 nitrogen and oxygen atoms in total. The van der Waals surface area contributed by atoms with Gasteiger partial charge in [0.05, 0.1) is 0 Å². The minimum absolute atomic E-state index is 0.360. The van der Waals surface area contributed by atoms with Crippen molar-refractivity contribution in [2.45, 2.75) is 47.0 Å². The van der Waals surface area contributed by atoms with Crippen LogP contribution in [0.3, 0.4) is 0 Å². The van der Waals surface area contributed by atoms with Crippen LogP contribution in [0.2, 0.25) is 0 Å². The zero-order valence-corrected chi connectivity index (χ0v) is 12.1. The van der Waals surface area contributed by atoms with Gasteiger partial charge in [0, 0.05) is 12.2 Å². The summed E-state index contributed by atoms with van der Waals surface area (Å²) in [5.41, 5.74) is 6.10. The molecule has 0 aliphatic heterocycles. The SMILES string of the molecule is CC1=C(CNc2cccc(C)c2)C(C)(C)CCC1. The molecule has 0 heterocycles. The van der Waals surface area contributed by atoms with Crippen molar-refractivity contribution in [3.63, 3.8) is 0 Å². The molecule has 1 N–H and O–H groups in total. The van der Waals surface area contributed by atoms with Gasteiger partial charge < -0.3 is 5.32 Å². The number of benzene rings is 1. The molecule has 0 saturated carbocycles. The van der Waals surface area contributed by atoms with Crippen LogP contribution < -0.4 is 5.32 Å². The highest BCUT2D eigenvalue weighted by molar-refractivity contribution is 5.47. The fourth-order valence-electron chi connectivity index (χ4n) is 3.01. The normalized spacial score (nSPS) is 18.9. The third-order valence-corrected chi connectivity index (χ3v) is 4.17. The van der Waals surface area contributed by atoms with Crippen molar-refractivity contribution in [2.75, 3.05) is 11.9 Å². The minimum Gasteiger partial charge on any atom is -0.381 e. The summed E-state index contributed by atoms with van der Waals surface area (Å²) >= 11 is 0. The lowest BCUT2D eigenvalue weighted by molar-refractivity contribution is 0.364. The Morgan fingerprint density at radius 3 is 2.67 bits per heavy atom. The Morgan fingerprint density at radius 2 is 2.00 bits per heavy atom. The summed E-state index contributed by atoms with van der Waals surface area (Å²) in [6.07, 6.45) is 3.93. The van der Waals surface area contributed by atoms with Gasteiger partial charge in [-0.1, -0.05) is 31.6 Å². The number of hydrogen-bond acceptors (Lipinski definition) is 1. The summed E-state index contributed by atoms with van der Waals surface area (Å²) in [6.45, 7) is 10.2. The monoisotopic (exact) mass is 243 g/mol. The van der Waals surface area contributed by atoms with E-state index in [4.69, 9.17) is 0 Å². The van der Waals surface area contributed by atoms with Crippen LogP contribution in [-0.2, 0) is 0 Å². The van der Waals surface area contributed by atoms with E-state index >= 15 is 0 Å². The van der Waals surface area contributed by atoms with Gasteiger partial charge in [0.15, 0.2) is 0 Å². The van der Waals surface area contributed by atoms with E-state index in [1.807, 2.05) is 0 Å². The van der Waals surface area contributed by atoms with Crippen molar-refractivity contribution in [3.05, 3.63) is 41.0 Å². The van der Waals surface area contributed by atoms with Crippen molar-refractivity contribution in [1.82, 2.24) is 0 Å². The predicted octanol–water partition coefficient (Wildman–Crippen LogP) is 4.93. The molecule has 0 spiro atoms. The molecule has 1 aliphatic carbocycles. The van der Waals surface area contributed by atoms with E-state index in [1.165, 1.54) is 30.5 Å². The van der Waals surface area contributed by atoms with Crippen LogP contribution in [-0.4, -0.2) is 6.54 Å². The number of allylic oxidation sites excluding steroid dienone is 1. The molecule has 0 fully saturated rings. The quantitative estimate of drug-likeness (QED) is 0.742. The number of hydrogen-bond donors (Lipinski definition) is 1. The van der Waals surface area contributed by atoms with Crippen LogP contribution in [0.4, 0.5) is 5.69 Å². The molecule has 2 rings (SSSR count). The lowest BCUT2D eigenvalue weighted by atomic mass is 9.73. The van der Waals surface area contributed by atoms with E-state index in [1.54, 1.807) is 11.1 Å². The largest absolute Gasteiger partial charge is 0.381 e. The molecule has 1 aliphatic rings. The first-order valence-electron chi connectivity index (χ1n) is 6.99. The summed E-state index contributed by atoms with van der Waals surface area (Å²) in [7, 11) is 0. The first-order chi connectivity index (χ1) is 8.49. The molecule has 0 radical (unpaired) electrons. The van der Waals surface area contributed by atoms with Crippen LogP contribution in [0, 0.1) is 12.3 Å². The molecule has 98 valence electrons. The number of anilines is 1. The highest BCUT2D eigenvalue weighted by atomic mass is 14.9. The summed E-state index contributed by atoms with van der Waals surface area (Å²) in [5.74, 6) is 0. The van der Waals surface area contributed by atoms with Crippen LogP contribution in [0.15, 0.2) is 35.4 Å². The molecular weight excluding hydrogens is 218 g/mol. The Hall–Kier alpha value is -1.24. The molecule has 0 atom stereocenters. The van der Waals surface area contributed by atoms with Gasteiger partial charge in [-0.05, 0) is 61.8 Å². The summed E-state index contributed by atoms with van der Waals surface area (Å²) in [5, 5.41) is 3.58. The van der Waals surface area contributed by atoms with Gasteiger partial charge in [0.25, 0.3) is 0 Å². The molecule has 1 aromatic carbocycles. The second kappa shape index (κ2) is 5.17. The summed E-state index contributed by atoms with van der Waals surface area (Å²) in [4.78, 5) is 0. The lowest BCUT2D eigenvalue weighted by Gasteiger charge is -2.35. The minimum atomic E-state index is 0.360. The zero-order chi connectivity index (χ0) is 13.2. The molecule has 0 bridgehead atoms. The number of nitrogens with one attached hydrogen (secondary N) is 1. The molecule has 0 unspecified atom stereocenters. The molecule has 0 amide bonds. The van der Waals surface area contributed by atoms with E-state index in [0.29, 0.717) is 5.41 Å². The molecule has 1 heteroatoms. The summed E-state index contributed by atoms with van der Waals surface area (Å²) in [6, 6.07) is 8.62. The van der Waals surface area contributed by atoms with Gasteiger partial charge in [0.2, 0.25) is 0 Å². The van der Waals surface area contributed by atoms with E-state index in [9.17, 15) is 0 Å². The standard InChI is InChI=1S/C17H25N/c1-13-7-5-9-15(11-13)18-12-16-14(2)8-6-10-17(16,3)4/h5,7,9,11,18H,6,8,10,12H2,1-4H3. The molecular formula is C17H25N. The molecule has 0 aromatic heterocycles. The van der Waals surface area contributed by atoms with Gasteiger partial charge in [-0.2, -0.15) is 0 Å². The smallest absolute Gasteiger partial charge is 0.0368 e. The van der Waals surface area contributed by atoms with E-state index in [-0.39, 0.29) is 0 Å². The Balaban J connectivity index is 2.09. The molecule has 1 aromatic rings. The molecule has 0 saturated heterocycles. The predicted molar refractivity (Wildman–Crippen MR) is 80.0 cm³/mol. The van der Waals surface area contributed by atoms with Crippen LogP contribution in [0.1, 0.15) is 45.6 Å². The van der Waals surface area contributed by atoms with E-state index < -0.39 is 0 Å².